The molecule has 1 fully saturated rings. The van der Waals surface area contributed by atoms with Gasteiger partial charge < -0.3 is 5.11 Å². The number of ketones is 1. The molecule has 0 radical (unpaired) electrons. The fraction of sp³-hybridized carbons (Fsp3) is 0.667. The van der Waals surface area contributed by atoms with E-state index in [0.717, 1.165) is 60.8 Å². The van der Waals surface area contributed by atoms with Crippen LogP contribution in [0.3, 0.4) is 0 Å². The largest absolute Gasteiger partial charge is 0.481 e. The van der Waals surface area contributed by atoms with E-state index in [1.165, 1.54) is 0 Å². The van der Waals surface area contributed by atoms with Crippen LogP contribution in [0, 0.1) is 31.6 Å². The lowest BCUT2D eigenvalue weighted by Gasteiger charge is -2.43. The van der Waals surface area contributed by atoms with Gasteiger partial charge in [0, 0.05) is 11.0 Å². The van der Waals surface area contributed by atoms with Crippen molar-refractivity contribution in [2.45, 2.75) is 92.4 Å². The Morgan fingerprint density at radius 2 is 1.55 bits per heavy atom. The van der Waals surface area contributed by atoms with Gasteiger partial charge in [0.1, 0.15) is 9.12 Å². The molecule has 0 aromatic heterocycles. The zero-order valence-electron chi connectivity index (χ0n) is 18.7. The van der Waals surface area contributed by atoms with Crippen LogP contribution < -0.4 is 0 Å². The maximum Gasteiger partial charge on any atom is 0.310 e. The smallest absolute Gasteiger partial charge is 0.310 e. The van der Waals surface area contributed by atoms with Crippen molar-refractivity contribution in [3.8, 4) is 0 Å². The number of carboxylic acids is 1. The molecule has 1 saturated carbocycles. The van der Waals surface area contributed by atoms with Crippen LogP contribution in [0.5, 0.6) is 0 Å². The first-order valence-corrected chi connectivity index (χ1v) is 11.2. The zero-order valence-corrected chi connectivity index (χ0v) is 19.7. The number of rotatable bonds is 9. The average Bonchev–Trinajstić information content (AvgIpc) is 3.17. The summed E-state index contributed by atoms with van der Waals surface area (Å²) in [7, 11) is 1.72. The van der Waals surface area contributed by atoms with Gasteiger partial charge >= 0.3 is 5.97 Å². The number of Topliss-reactive ketones (excluding diaryl/α,β-unsaturated/α-hetero) is 1. The summed E-state index contributed by atoms with van der Waals surface area (Å²) in [6, 6.07) is 4.09. The summed E-state index contributed by atoms with van der Waals surface area (Å²) in [6.45, 7) is 9.99. The van der Waals surface area contributed by atoms with Crippen molar-refractivity contribution in [3.63, 3.8) is 0 Å². The van der Waals surface area contributed by atoms with Crippen molar-refractivity contribution in [2.24, 2.45) is 10.8 Å². The van der Waals surface area contributed by atoms with E-state index in [9.17, 15) is 14.7 Å². The molecular weight excluding hydrogens is 383 g/mol. The van der Waals surface area contributed by atoms with Crippen LogP contribution in [0.2, 0.25) is 0 Å². The van der Waals surface area contributed by atoms with E-state index < -0.39 is 16.8 Å². The number of aliphatic carboxylic acids is 1. The van der Waals surface area contributed by atoms with Gasteiger partial charge in [0.15, 0.2) is 5.78 Å². The monoisotopic (exact) mass is 420 g/mol. The van der Waals surface area contributed by atoms with Crippen LogP contribution in [-0.2, 0) is 9.36 Å². The molecule has 0 amide bonds. The highest BCUT2D eigenvalue weighted by atomic mass is 31.0. The minimum absolute atomic E-state index is 0.0652. The summed E-state index contributed by atoms with van der Waals surface area (Å²) in [5.74, 6) is -0.743. The molecule has 1 aliphatic rings. The second kappa shape index (κ2) is 11.0. The van der Waals surface area contributed by atoms with Crippen LogP contribution in [0.1, 0.15) is 98.7 Å². The van der Waals surface area contributed by atoms with Gasteiger partial charge in [-0.1, -0.05) is 63.1 Å². The van der Waals surface area contributed by atoms with Crippen LogP contribution in [-0.4, -0.2) is 16.9 Å². The molecule has 1 N–H and O–H groups in total. The molecule has 0 heterocycles. The molecule has 0 aliphatic heterocycles. The lowest BCUT2D eigenvalue weighted by molar-refractivity contribution is -0.155. The Hall–Kier alpha value is -1.54. The summed E-state index contributed by atoms with van der Waals surface area (Å²) >= 11 is 0. The zero-order chi connectivity index (χ0) is 22.2. The number of aryl methyl sites for hydroxylation is 3. The predicted molar refractivity (Wildman–Crippen MR) is 119 cm³/mol. The number of carbonyl (C=O) groups excluding carboxylic acids is 1. The number of benzene rings is 1. The fourth-order valence-corrected chi connectivity index (χ4v) is 5.24. The molecule has 0 bridgehead atoms. The third kappa shape index (κ3) is 5.15. The van der Waals surface area contributed by atoms with Crippen molar-refractivity contribution in [1.82, 2.24) is 0 Å². The molecule has 5 heteroatoms. The molecule has 1 aliphatic carbocycles. The maximum atomic E-state index is 13.9. The van der Waals surface area contributed by atoms with Crippen molar-refractivity contribution >= 4 is 20.9 Å². The summed E-state index contributed by atoms with van der Waals surface area (Å²) in [4.78, 5) is 26.4. The quantitative estimate of drug-likeness (QED) is 0.268. The van der Waals surface area contributed by atoms with Crippen LogP contribution in [0.15, 0.2) is 12.1 Å². The minimum Gasteiger partial charge on any atom is -0.481 e. The van der Waals surface area contributed by atoms with Gasteiger partial charge in [-0.15, -0.1) is 0 Å². The summed E-state index contributed by atoms with van der Waals surface area (Å²) in [6.07, 6.45) is 7.98. The minimum atomic E-state index is -1.00. The van der Waals surface area contributed by atoms with Crippen molar-refractivity contribution in [3.05, 3.63) is 34.4 Å². The third-order valence-electron chi connectivity index (χ3n) is 6.85. The number of carboxylic acid groups (broad SMARTS) is 1. The molecule has 4 nitrogen and oxygen atoms in total. The Morgan fingerprint density at radius 1 is 1.03 bits per heavy atom. The first kappa shape index (κ1) is 25.5. The van der Waals surface area contributed by atoms with Crippen molar-refractivity contribution < 1.29 is 19.3 Å². The topological polar surface area (TPSA) is 71.4 Å². The number of hydrogen-bond acceptors (Lipinski definition) is 3. The summed E-state index contributed by atoms with van der Waals surface area (Å²) in [5.41, 5.74) is 2.06. The van der Waals surface area contributed by atoms with E-state index in [0.29, 0.717) is 19.3 Å². The Morgan fingerprint density at radius 3 is 2.00 bits per heavy atom. The first-order valence-electron chi connectivity index (χ1n) is 10.8. The van der Waals surface area contributed by atoms with E-state index in [2.05, 4.69) is 6.92 Å². The molecule has 1 unspecified atom stereocenters. The molecule has 29 heavy (non-hydrogen) atoms. The van der Waals surface area contributed by atoms with E-state index in [-0.39, 0.29) is 5.78 Å². The van der Waals surface area contributed by atoms with Crippen molar-refractivity contribution in [1.29, 1.82) is 0 Å². The second-order valence-electron chi connectivity index (χ2n) is 8.84. The lowest BCUT2D eigenvalue weighted by atomic mass is 9.57. The molecule has 0 saturated heterocycles. The Labute approximate surface area is 178 Å². The van der Waals surface area contributed by atoms with Gasteiger partial charge in [-0.25, -0.2) is 0 Å². The lowest BCUT2D eigenvalue weighted by Crippen LogP contribution is -2.49. The van der Waals surface area contributed by atoms with Crippen LogP contribution in [0.4, 0.5) is 0 Å². The van der Waals surface area contributed by atoms with Gasteiger partial charge in [0.25, 0.3) is 0 Å². The maximum absolute atomic E-state index is 13.9. The number of carbonyl (C=O) groups is 2. The van der Waals surface area contributed by atoms with Crippen LogP contribution >= 0.6 is 9.12 Å². The molecule has 0 spiro atoms. The molecule has 1 atom stereocenters. The fourth-order valence-electron chi connectivity index (χ4n) is 5.24. The van der Waals surface area contributed by atoms with Gasteiger partial charge in [-0.2, -0.15) is 0 Å². The highest BCUT2D eigenvalue weighted by molar-refractivity contribution is 7.00. The summed E-state index contributed by atoms with van der Waals surface area (Å²) in [5, 5.41) is 10.2. The SMILES string of the molecule is CCCCCCC(C)(C(=O)O)C1(C(=O)c2c(C)cc(C)cc2C)CCCC1.O=P. The molecular formula is C24H37O4P. The van der Waals surface area contributed by atoms with Gasteiger partial charge in [0.05, 0.1) is 5.41 Å². The normalized spacial score (nSPS) is 17.1. The van der Waals surface area contributed by atoms with Crippen molar-refractivity contribution in [2.75, 3.05) is 0 Å². The molecule has 1 aromatic carbocycles. The van der Waals surface area contributed by atoms with Gasteiger partial charge in [-0.3, -0.25) is 14.2 Å². The Kier molecular flexibility index (Phi) is 9.68. The molecule has 1 aromatic rings. The number of unbranched alkanes of at least 4 members (excludes halogenated alkanes) is 3. The van der Waals surface area contributed by atoms with E-state index in [4.69, 9.17) is 4.57 Å². The third-order valence-corrected chi connectivity index (χ3v) is 6.85. The standard InChI is InChI=1S/C24H36O3.HOP/c1-6-7-8-9-12-23(5,22(26)27)24(13-10-11-14-24)21(25)20-18(3)15-17(2)16-19(20)4;1-2/h15-16H,6-14H2,1-5H3,(H,26,27);2H. The average molecular weight is 421 g/mol. The van der Waals surface area contributed by atoms with Gasteiger partial charge in [-0.05, 0) is 58.1 Å². The second-order valence-corrected chi connectivity index (χ2v) is 8.84. The predicted octanol–water partition coefficient (Wildman–Crippen LogP) is 6.89. The first-order chi connectivity index (χ1) is 13.7. The highest BCUT2D eigenvalue weighted by Gasteiger charge is 2.58. The number of hydrogen-bond donors (Lipinski definition) is 1. The molecule has 2 rings (SSSR count). The van der Waals surface area contributed by atoms with E-state index in [1.807, 2.05) is 39.8 Å². The Balaban J connectivity index is 0.00000204. The summed E-state index contributed by atoms with van der Waals surface area (Å²) < 4.78 is 8.06. The van der Waals surface area contributed by atoms with Gasteiger partial charge in [0.2, 0.25) is 0 Å². The Bertz CT molecular complexity index is 699. The van der Waals surface area contributed by atoms with E-state index >= 15 is 0 Å². The van der Waals surface area contributed by atoms with E-state index in [1.54, 1.807) is 9.12 Å². The molecule has 162 valence electrons. The van der Waals surface area contributed by atoms with Crippen LogP contribution in [0.25, 0.3) is 0 Å². The highest BCUT2D eigenvalue weighted by Crippen LogP contribution is 2.56.